The number of nitrogens with zero attached hydrogens (tertiary/aromatic N) is 2. The lowest BCUT2D eigenvalue weighted by Crippen LogP contribution is -2.62. The van der Waals surface area contributed by atoms with Crippen molar-refractivity contribution in [3.8, 4) is 5.75 Å². The van der Waals surface area contributed by atoms with E-state index in [0.29, 0.717) is 5.75 Å². The Kier molecular flexibility index (Phi) is 7.00. The van der Waals surface area contributed by atoms with Crippen LogP contribution in [0.15, 0.2) is 30.3 Å². The molecule has 3 rings (SSSR count). The van der Waals surface area contributed by atoms with Crippen LogP contribution >= 0.6 is 0 Å². The Morgan fingerprint density at radius 3 is 1.66 bits per heavy atom. The van der Waals surface area contributed by atoms with Crippen molar-refractivity contribution in [3.05, 3.63) is 30.3 Å². The summed E-state index contributed by atoms with van der Waals surface area (Å²) in [5.41, 5.74) is -0.995. The summed E-state index contributed by atoms with van der Waals surface area (Å²) in [6, 6.07) is 9.32. The largest absolute Gasteiger partial charge is 0.453 e. The molecule has 1 aromatic rings. The van der Waals surface area contributed by atoms with Gasteiger partial charge in [0.1, 0.15) is 5.75 Å². The van der Waals surface area contributed by atoms with E-state index in [4.69, 9.17) is 14.4 Å². The number of rotatable bonds is 6. The summed E-state index contributed by atoms with van der Waals surface area (Å²) in [5, 5.41) is 3.80. The average molecular weight is 447 g/mol. The smallest absolute Gasteiger partial charge is 0.396 e. The second-order valence-corrected chi connectivity index (χ2v) is 11.8. The highest BCUT2D eigenvalue weighted by Crippen LogP contribution is 2.41. The van der Waals surface area contributed by atoms with E-state index in [1.807, 2.05) is 40.5 Å². The number of benzene rings is 1. The molecule has 1 aromatic carbocycles. The van der Waals surface area contributed by atoms with E-state index in [9.17, 15) is 4.79 Å². The summed E-state index contributed by atoms with van der Waals surface area (Å²) >= 11 is 0. The number of ether oxygens (including phenoxy) is 1. The number of piperidine rings is 2. The topological polar surface area (TPSA) is 51.2 Å². The highest BCUT2D eigenvalue weighted by atomic mass is 16.8. The first-order valence-corrected chi connectivity index (χ1v) is 12.0. The SMILES string of the molecule is CC1(C)CCCC(C)(C)N1OC(=O)C(Oc1ccccc1)ON1C(C)(C)CCCC1(C)C. The van der Waals surface area contributed by atoms with Crippen molar-refractivity contribution in [1.82, 2.24) is 10.1 Å². The number of carbonyl (C=O) groups excluding carboxylic acids is 1. The number of hydrogen-bond acceptors (Lipinski definition) is 6. The number of carbonyl (C=O) groups is 1. The third-order valence-corrected chi connectivity index (χ3v) is 6.91. The third kappa shape index (κ3) is 5.46. The molecule has 0 aliphatic carbocycles. The van der Waals surface area contributed by atoms with Gasteiger partial charge >= 0.3 is 12.3 Å². The average Bonchev–Trinajstić information content (AvgIpc) is 2.66. The molecule has 6 heteroatoms. The molecular weight excluding hydrogens is 404 g/mol. The molecule has 0 aromatic heterocycles. The van der Waals surface area contributed by atoms with E-state index in [1.165, 1.54) is 0 Å². The van der Waals surface area contributed by atoms with Crippen molar-refractivity contribution < 1.29 is 19.2 Å². The molecular formula is C26H42N2O4. The van der Waals surface area contributed by atoms with Crippen LogP contribution in [0.1, 0.15) is 93.9 Å². The van der Waals surface area contributed by atoms with Gasteiger partial charge in [-0.3, -0.25) is 0 Å². The highest BCUT2D eigenvalue weighted by molar-refractivity contribution is 5.73. The zero-order valence-corrected chi connectivity index (χ0v) is 21.2. The van der Waals surface area contributed by atoms with E-state index in [2.05, 4.69) is 55.4 Å². The first-order valence-electron chi connectivity index (χ1n) is 12.0. The lowest BCUT2D eigenvalue weighted by molar-refractivity contribution is -0.345. The van der Waals surface area contributed by atoms with Crippen molar-refractivity contribution in [2.24, 2.45) is 0 Å². The van der Waals surface area contributed by atoms with E-state index in [0.717, 1.165) is 38.5 Å². The zero-order valence-electron chi connectivity index (χ0n) is 21.2. The van der Waals surface area contributed by atoms with Crippen LogP contribution in [-0.4, -0.2) is 44.5 Å². The van der Waals surface area contributed by atoms with Crippen LogP contribution in [0.5, 0.6) is 5.75 Å². The lowest BCUT2D eigenvalue weighted by Gasteiger charge is -2.52. The zero-order chi connectivity index (χ0) is 23.8. The fraction of sp³-hybridized carbons (Fsp3) is 0.731. The summed E-state index contributed by atoms with van der Waals surface area (Å²) in [6.07, 6.45) is 4.89. The van der Waals surface area contributed by atoms with Crippen molar-refractivity contribution in [2.45, 2.75) is 122 Å². The van der Waals surface area contributed by atoms with Gasteiger partial charge in [-0.05, 0) is 106 Å². The maximum absolute atomic E-state index is 13.5. The summed E-state index contributed by atoms with van der Waals surface area (Å²) in [4.78, 5) is 26.0. The van der Waals surface area contributed by atoms with Gasteiger partial charge in [0.15, 0.2) is 0 Å². The minimum atomic E-state index is -1.21. The van der Waals surface area contributed by atoms with Gasteiger partial charge in [-0.2, -0.15) is 5.06 Å². The maximum Gasteiger partial charge on any atom is 0.396 e. The van der Waals surface area contributed by atoms with Crippen LogP contribution in [-0.2, 0) is 14.5 Å². The molecule has 0 radical (unpaired) electrons. The number of hydrogen-bond donors (Lipinski definition) is 0. The van der Waals surface area contributed by atoms with Crippen LogP contribution < -0.4 is 4.74 Å². The van der Waals surface area contributed by atoms with Crippen LogP contribution in [0, 0.1) is 0 Å². The second-order valence-electron chi connectivity index (χ2n) is 11.8. The molecule has 0 amide bonds. The molecule has 180 valence electrons. The van der Waals surface area contributed by atoms with E-state index >= 15 is 0 Å². The Bertz CT molecular complexity index is 756. The fourth-order valence-corrected chi connectivity index (χ4v) is 5.45. The Morgan fingerprint density at radius 2 is 1.19 bits per heavy atom. The minimum Gasteiger partial charge on any atom is -0.453 e. The molecule has 2 fully saturated rings. The monoisotopic (exact) mass is 446 g/mol. The first-order chi connectivity index (χ1) is 14.7. The highest BCUT2D eigenvalue weighted by Gasteiger charge is 2.48. The van der Waals surface area contributed by atoms with Gasteiger partial charge in [0.25, 0.3) is 0 Å². The Morgan fingerprint density at radius 1 is 0.750 bits per heavy atom. The number of hydroxylamine groups is 4. The summed E-state index contributed by atoms with van der Waals surface area (Å²) in [5.74, 6) is 0.0355. The Balaban J connectivity index is 1.87. The van der Waals surface area contributed by atoms with Gasteiger partial charge in [0.2, 0.25) is 0 Å². The van der Waals surface area contributed by atoms with Gasteiger partial charge in [-0.25, -0.2) is 9.63 Å². The van der Waals surface area contributed by atoms with Crippen molar-refractivity contribution in [3.63, 3.8) is 0 Å². The molecule has 32 heavy (non-hydrogen) atoms. The Labute approximate surface area is 194 Å². The standard InChI is InChI=1S/C26H42N2O4/c1-23(2)16-12-17-24(3,4)27(23)31-21(29)22(30-20-14-10-9-11-15-20)32-28-25(5,6)18-13-19-26(28,7)8/h9-11,14-15,22H,12-13,16-19H2,1-8H3. The van der Waals surface area contributed by atoms with Crippen LogP contribution in [0.25, 0.3) is 0 Å². The van der Waals surface area contributed by atoms with Gasteiger partial charge in [-0.15, -0.1) is 5.06 Å². The predicted molar refractivity (Wildman–Crippen MR) is 126 cm³/mol. The molecule has 2 aliphatic heterocycles. The van der Waals surface area contributed by atoms with E-state index in [1.54, 1.807) is 0 Å². The van der Waals surface area contributed by atoms with Gasteiger partial charge in [-0.1, -0.05) is 18.2 Å². The maximum atomic E-state index is 13.5. The van der Waals surface area contributed by atoms with E-state index in [-0.39, 0.29) is 22.2 Å². The van der Waals surface area contributed by atoms with Gasteiger partial charge < -0.3 is 9.57 Å². The first kappa shape index (κ1) is 25.0. The quantitative estimate of drug-likeness (QED) is 0.510. The molecule has 6 nitrogen and oxygen atoms in total. The van der Waals surface area contributed by atoms with Gasteiger partial charge in [0, 0.05) is 11.1 Å². The van der Waals surface area contributed by atoms with E-state index < -0.39 is 12.3 Å². The van der Waals surface area contributed by atoms with Crippen LogP contribution in [0.3, 0.4) is 0 Å². The molecule has 2 aliphatic rings. The third-order valence-electron chi connectivity index (χ3n) is 6.91. The minimum absolute atomic E-state index is 0.232. The second kappa shape index (κ2) is 8.96. The molecule has 1 atom stereocenters. The summed E-state index contributed by atoms with van der Waals surface area (Å²) in [7, 11) is 0. The van der Waals surface area contributed by atoms with Crippen LogP contribution in [0.2, 0.25) is 0 Å². The molecule has 2 heterocycles. The van der Waals surface area contributed by atoms with Crippen molar-refractivity contribution >= 4 is 5.97 Å². The molecule has 1 unspecified atom stereocenters. The fourth-order valence-electron chi connectivity index (χ4n) is 5.45. The predicted octanol–water partition coefficient (Wildman–Crippen LogP) is 5.87. The summed E-state index contributed by atoms with van der Waals surface area (Å²) in [6.45, 7) is 17.1. The molecule has 0 spiro atoms. The lowest BCUT2D eigenvalue weighted by atomic mass is 9.82. The molecule has 0 bridgehead atoms. The summed E-state index contributed by atoms with van der Waals surface area (Å²) < 4.78 is 6.08. The van der Waals surface area contributed by atoms with Crippen molar-refractivity contribution in [1.29, 1.82) is 0 Å². The van der Waals surface area contributed by atoms with Crippen LogP contribution in [0.4, 0.5) is 0 Å². The van der Waals surface area contributed by atoms with Gasteiger partial charge in [0.05, 0.1) is 11.1 Å². The molecule has 0 N–H and O–H groups in total. The number of para-hydroxylation sites is 1. The molecule has 0 saturated carbocycles. The normalized spacial score (nSPS) is 25.6. The Hall–Kier alpha value is -1.63. The molecule has 2 saturated heterocycles. The van der Waals surface area contributed by atoms with Crippen molar-refractivity contribution in [2.75, 3.05) is 0 Å².